The maximum atomic E-state index is 12.6. The third-order valence-electron chi connectivity index (χ3n) is 4.97. The molecule has 0 aromatic heterocycles. The lowest BCUT2D eigenvalue weighted by atomic mass is 10.1. The van der Waals surface area contributed by atoms with Gasteiger partial charge in [0.1, 0.15) is 0 Å². The SMILES string of the molecule is CCC(C)N(C)C(=O)c1cccc(CN2C(=O)c3ccccc3C2=O)c1. The quantitative estimate of drug-likeness (QED) is 0.777. The Morgan fingerprint density at radius 3 is 2.23 bits per heavy atom. The van der Waals surface area contributed by atoms with Gasteiger partial charge in [-0.2, -0.15) is 0 Å². The summed E-state index contributed by atoms with van der Waals surface area (Å²) < 4.78 is 0. The van der Waals surface area contributed by atoms with Crippen molar-refractivity contribution in [1.29, 1.82) is 0 Å². The monoisotopic (exact) mass is 350 g/mol. The molecule has 1 aliphatic rings. The van der Waals surface area contributed by atoms with Crippen molar-refractivity contribution in [3.05, 3.63) is 70.8 Å². The summed E-state index contributed by atoms with van der Waals surface area (Å²) in [6.45, 7) is 4.19. The molecule has 0 fully saturated rings. The van der Waals surface area contributed by atoms with E-state index >= 15 is 0 Å². The fourth-order valence-electron chi connectivity index (χ4n) is 3.05. The van der Waals surface area contributed by atoms with Gasteiger partial charge in [-0.25, -0.2) is 0 Å². The molecule has 1 unspecified atom stereocenters. The van der Waals surface area contributed by atoms with Gasteiger partial charge in [0, 0.05) is 18.7 Å². The average Bonchev–Trinajstić information content (AvgIpc) is 2.91. The topological polar surface area (TPSA) is 57.7 Å². The van der Waals surface area contributed by atoms with E-state index in [1.54, 1.807) is 54.4 Å². The van der Waals surface area contributed by atoms with Crippen LogP contribution in [0.2, 0.25) is 0 Å². The van der Waals surface area contributed by atoms with E-state index < -0.39 is 0 Å². The number of nitrogens with zero attached hydrogens (tertiary/aromatic N) is 2. The number of carbonyl (C=O) groups is 3. The molecule has 5 nitrogen and oxygen atoms in total. The third kappa shape index (κ3) is 3.12. The minimum atomic E-state index is -0.293. The largest absolute Gasteiger partial charge is 0.339 e. The second kappa shape index (κ2) is 7.12. The van der Waals surface area contributed by atoms with Crippen LogP contribution in [-0.4, -0.2) is 40.6 Å². The number of hydrogen-bond acceptors (Lipinski definition) is 3. The third-order valence-corrected chi connectivity index (χ3v) is 4.97. The molecule has 0 saturated carbocycles. The summed E-state index contributed by atoms with van der Waals surface area (Å²) >= 11 is 0. The van der Waals surface area contributed by atoms with Crippen LogP contribution in [0.4, 0.5) is 0 Å². The molecule has 1 heterocycles. The molecule has 26 heavy (non-hydrogen) atoms. The van der Waals surface area contributed by atoms with E-state index in [9.17, 15) is 14.4 Å². The molecule has 5 heteroatoms. The highest BCUT2D eigenvalue weighted by atomic mass is 16.2. The Balaban J connectivity index is 1.81. The van der Waals surface area contributed by atoms with Crippen molar-refractivity contribution < 1.29 is 14.4 Å². The van der Waals surface area contributed by atoms with Gasteiger partial charge in [0.05, 0.1) is 17.7 Å². The van der Waals surface area contributed by atoms with E-state index in [-0.39, 0.29) is 30.3 Å². The molecule has 2 aromatic carbocycles. The van der Waals surface area contributed by atoms with Gasteiger partial charge in [-0.3, -0.25) is 19.3 Å². The molecular formula is C21H22N2O3. The van der Waals surface area contributed by atoms with Crippen LogP contribution in [-0.2, 0) is 6.54 Å². The van der Waals surface area contributed by atoms with Crippen LogP contribution in [0.15, 0.2) is 48.5 Å². The molecule has 2 aromatic rings. The summed E-state index contributed by atoms with van der Waals surface area (Å²) in [5, 5.41) is 0. The predicted octanol–water partition coefficient (Wildman–Crippen LogP) is 3.35. The minimum Gasteiger partial charge on any atom is -0.339 e. The lowest BCUT2D eigenvalue weighted by Crippen LogP contribution is -2.34. The molecule has 0 radical (unpaired) electrons. The molecular weight excluding hydrogens is 328 g/mol. The highest BCUT2D eigenvalue weighted by Crippen LogP contribution is 2.24. The number of fused-ring (bicyclic) bond motifs is 1. The van der Waals surface area contributed by atoms with Crippen molar-refractivity contribution in [3.63, 3.8) is 0 Å². The molecule has 134 valence electrons. The number of rotatable bonds is 5. The van der Waals surface area contributed by atoms with E-state index in [4.69, 9.17) is 0 Å². The number of carbonyl (C=O) groups excluding carboxylic acids is 3. The second-order valence-electron chi connectivity index (χ2n) is 6.62. The van der Waals surface area contributed by atoms with Gasteiger partial charge >= 0.3 is 0 Å². The van der Waals surface area contributed by atoms with E-state index in [1.807, 2.05) is 19.9 Å². The zero-order valence-electron chi connectivity index (χ0n) is 15.2. The van der Waals surface area contributed by atoms with Crippen LogP contribution < -0.4 is 0 Å². The highest BCUT2D eigenvalue weighted by molar-refractivity contribution is 6.21. The van der Waals surface area contributed by atoms with E-state index in [1.165, 1.54) is 4.90 Å². The van der Waals surface area contributed by atoms with Gasteiger partial charge in [0.25, 0.3) is 17.7 Å². The standard InChI is InChI=1S/C21H22N2O3/c1-4-14(2)22(3)19(24)16-9-7-8-15(12-16)13-23-20(25)17-10-5-6-11-18(17)21(23)26/h5-12,14H,4,13H2,1-3H3. The molecule has 0 N–H and O–H groups in total. The summed E-state index contributed by atoms with van der Waals surface area (Å²) in [6, 6.07) is 14.1. The summed E-state index contributed by atoms with van der Waals surface area (Å²) in [5.74, 6) is -0.651. The molecule has 0 aliphatic carbocycles. The van der Waals surface area contributed by atoms with Crippen molar-refractivity contribution in [2.75, 3.05) is 7.05 Å². The first-order chi connectivity index (χ1) is 12.4. The maximum absolute atomic E-state index is 12.6. The van der Waals surface area contributed by atoms with Crippen LogP contribution in [0.5, 0.6) is 0 Å². The van der Waals surface area contributed by atoms with E-state index in [0.29, 0.717) is 16.7 Å². The zero-order chi connectivity index (χ0) is 18.8. The minimum absolute atomic E-state index is 0.0661. The van der Waals surface area contributed by atoms with Gasteiger partial charge in [0.15, 0.2) is 0 Å². The van der Waals surface area contributed by atoms with Crippen molar-refractivity contribution >= 4 is 17.7 Å². The van der Waals surface area contributed by atoms with Crippen molar-refractivity contribution in [1.82, 2.24) is 9.80 Å². The van der Waals surface area contributed by atoms with Gasteiger partial charge in [0.2, 0.25) is 0 Å². The second-order valence-corrected chi connectivity index (χ2v) is 6.62. The molecule has 0 saturated heterocycles. The summed E-state index contributed by atoms with van der Waals surface area (Å²) in [7, 11) is 1.79. The maximum Gasteiger partial charge on any atom is 0.261 e. The molecule has 1 atom stereocenters. The zero-order valence-corrected chi connectivity index (χ0v) is 15.2. The normalized spacial score (nSPS) is 14.3. The Bertz CT molecular complexity index is 840. The smallest absolute Gasteiger partial charge is 0.261 e. The summed E-state index contributed by atoms with van der Waals surface area (Å²) in [4.78, 5) is 40.6. The first kappa shape index (κ1) is 17.9. The summed E-state index contributed by atoms with van der Waals surface area (Å²) in [6.07, 6.45) is 0.872. The van der Waals surface area contributed by atoms with Crippen LogP contribution in [0, 0.1) is 0 Å². The van der Waals surface area contributed by atoms with Gasteiger partial charge in [-0.15, -0.1) is 0 Å². The Morgan fingerprint density at radius 2 is 1.65 bits per heavy atom. The van der Waals surface area contributed by atoms with E-state index in [0.717, 1.165) is 12.0 Å². The Kier molecular flexibility index (Phi) is 4.89. The molecule has 3 amide bonds. The van der Waals surface area contributed by atoms with Crippen molar-refractivity contribution in [2.45, 2.75) is 32.9 Å². The fraction of sp³-hybridized carbons (Fsp3) is 0.286. The van der Waals surface area contributed by atoms with Crippen LogP contribution in [0.25, 0.3) is 0 Å². The molecule has 1 aliphatic heterocycles. The first-order valence-electron chi connectivity index (χ1n) is 8.75. The lowest BCUT2D eigenvalue weighted by molar-refractivity contribution is 0.0642. The Labute approximate surface area is 153 Å². The van der Waals surface area contributed by atoms with Crippen LogP contribution in [0.3, 0.4) is 0 Å². The predicted molar refractivity (Wildman–Crippen MR) is 98.9 cm³/mol. The highest BCUT2D eigenvalue weighted by Gasteiger charge is 2.35. The molecule has 0 bridgehead atoms. The number of benzene rings is 2. The number of imide groups is 1. The van der Waals surface area contributed by atoms with Crippen LogP contribution in [0.1, 0.15) is 56.9 Å². The van der Waals surface area contributed by atoms with Crippen molar-refractivity contribution in [2.24, 2.45) is 0 Å². The van der Waals surface area contributed by atoms with Gasteiger partial charge in [-0.1, -0.05) is 31.2 Å². The summed E-state index contributed by atoms with van der Waals surface area (Å²) in [5.41, 5.74) is 2.17. The lowest BCUT2D eigenvalue weighted by Gasteiger charge is -2.24. The molecule has 0 spiro atoms. The average molecular weight is 350 g/mol. The first-order valence-corrected chi connectivity index (χ1v) is 8.75. The molecule has 3 rings (SSSR count). The number of amides is 3. The Hall–Kier alpha value is -2.95. The Morgan fingerprint density at radius 1 is 1.04 bits per heavy atom. The van der Waals surface area contributed by atoms with Gasteiger partial charge < -0.3 is 4.90 Å². The van der Waals surface area contributed by atoms with Gasteiger partial charge in [-0.05, 0) is 43.2 Å². The van der Waals surface area contributed by atoms with E-state index in [2.05, 4.69) is 0 Å². The van der Waals surface area contributed by atoms with Crippen molar-refractivity contribution in [3.8, 4) is 0 Å². The fourth-order valence-corrected chi connectivity index (χ4v) is 3.05. The van der Waals surface area contributed by atoms with Crippen LogP contribution >= 0.6 is 0 Å². The number of hydrogen-bond donors (Lipinski definition) is 0.